The lowest BCUT2D eigenvalue weighted by Gasteiger charge is -2.33. The molecular weight excluding hydrogens is 252 g/mol. The predicted octanol–water partition coefficient (Wildman–Crippen LogP) is 1.32. The van der Waals surface area contributed by atoms with Gasteiger partial charge in [0.15, 0.2) is 0 Å². The molecule has 3 N–H and O–H groups in total. The van der Waals surface area contributed by atoms with E-state index in [0.717, 1.165) is 12.1 Å². The van der Waals surface area contributed by atoms with E-state index in [1.165, 1.54) is 0 Å². The second kappa shape index (κ2) is 7.97. The molecule has 1 aromatic rings. The zero-order chi connectivity index (χ0) is 15.1. The fraction of sp³-hybridized carbons (Fsp3) is 0.600. The lowest BCUT2D eigenvalue weighted by Crippen LogP contribution is -2.45. The van der Waals surface area contributed by atoms with Crippen LogP contribution < -0.4 is 11.1 Å². The molecule has 0 aromatic carbocycles. The Hall–Kier alpha value is -1.46. The van der Waals surface area contributed by atoms with Gasteiger partial charge < -0.3 is 11.1 Å². The van der Waals surface area contributed by atoms with Crippen molar-refractivity contribution < 1.29 is 4.79 Å². The monoisotopic (exact) mass is 278 g/mol. The van der Waals surface area contributed by atoms with Crippen molar-refractivity contribution in [2.75, 3.05) is 13.1 Å². The molecule has 2 atom stereocenters. The fourth-order valence-corrected chi connectivity index (χ4v) is 2.37. The van der Waals surface area contributed by atoms with E-state index in [9.17, 15) is 4.79 Å². The highest BCUT2D eigenvalue weighted by molar-refractivity contribution is 5.78. The highest BCUT2D eigenvalue weighted by atomic mass is 16.2. The van der Waals surface area contributed by atoms with E-state index in [4.69, 9.17) is 5.73 Å². The van der Waals surface area contributed by atoms with E-state index in [-0.39, 0.29) is 24.0 Å². The normalized spacial score (nSPS) is 14.3. The van der Waals surface area contributed by atoms with Gasteiger partial charge in [0.05, 0.1) is 12.6 Å². The summed E-state index contributed by atoms with van der Waals surface area (Å²) in [5, 5.41) is 2.92. The molecule has 5 nitrogen and oxygen atoms in total. The van der Waals surface area contributed by atoms with Gasteiger partial charge in [-0.15, -0.1) is 0 Å². The third kappa shape index (κ3) is 4.90. The molecule has 1 aromatic heterocycles. The van der Waals surface area contributed by atoms with Crippen molar-refractivity contribution in [1.29, 1.82) is 0 Å². The molecule has 0 bridgehead atoms. The molecule has 0 fully saturated rings. The lowest BCUT2D eigenvalue weighted by molar-refractivity contribution is -0.123. The maximum absolute atomic E-state index is 12.0. The van der Waals surface area contributed by atoms with Crippen LogP contribution in [0, 0.1) is 0 Å². The van der Waals surface area contributed by atoms with E-state index in [2.05, 4.69) is 15.2 Å². The first-order chi connectivity index (χ1) is 9.45. The quantitative estimate of drug-likeness (QED) is 0.789. The predicted molar refractivity (Wildman–Crippen MR) is 81.2 cm³/mol. The van der Waals surface area contributed by atoms with Crippen LogP contribution in [0.3, 0.4) is 0 Å². The summed E-state index contributed by atoms with van der Waals surface area (Å²) in [5.41, 5.74) is 7.22. The highest BCUT2D eigenvalue weighted by Gasteiger charge is 2.24. The number of nitrogens with one attached hydrogen (secondary N) is 1. The van der Waals surface area contributed by atoms with Crippen molar-refractivity contribution in [3.63, 3.8) is 0 Å². The Morgan fingerprint density at radius 1 is 1.35 bits per heavy atom. The van der Waals surface area contributed by atoms with Crippen molar-refractivity contribution in [2.45, 2.75) is 45.8 Å². The van der Waals surface area contributed by atoms with Gasteiger partial charge in [0, 0.05) is 24.5 Å². The summed E-state index contributed by atoms with van der Waals surface area (Å²) < 4.78 is 0. The number of amides is 1. The van der Waals surface area contributed by atoms with Gasteiger partial charge in [-0.3, -0.25) is 14.7 Å². The van der Waals surface area contributed by atoms with Gasteiger partial charge in [0.2, 0.25) is 5.91 Å². The molecule has 1 heterocycles. The number of hydrogen-bond donors (Lipinski definition) is 2. The molecule has 0 aliphatic heterocycles. The lowest BCUT2D eigenvalue weighted by atomic mass is 10.00. The molecule has 0 saturated carbocycles. The molecule has 1 rings (SSSR count). The maximum Gasteiger partial charge on any atom is 0.234 e. The summed E-state index contributed by atoms with van der Waals surface area (Å²) in [6.07, 6.45) is 3.51. The average Bonchev–Trinajstić information content (AvgIpc) is 2.37. The van der Waals surface area contributed by atoms with Crippen LogP contribution in [0.4, 0.5) is 0 Å². The SMILES string of the molecule is CCN(CC(=O)NC(C)C)C(c1ccncc1)C(C)N. The molecule has 1 amide bonds. The smallest absolute Gasteiger partial charge is 0.234 e. The molecule has 0 aliphatic rings. The third-order valence-electron chi connectivity index (χ3n) is 3.14. The second-order valence-corrected chi connectivity index (χ2v) is 5.37. The topological polar surface area (TPSA) is 71.2 Å². The number of nitrogens with zero attached hydrogens (tertiary/aromatic N) is 2. The third-order valence-corrected chi connectivity index (χ3v) is 3.14. The first-order valence-electron chi connectivity index (χ1n) is 7.14. The highest BCUT2D eigenvalue weighted by Crippen LogP contribution is 2.22. The van der Waals surface area contributed by atoms with Gasteiger partial charge in [0.1, 0.15) is 0 Å². The van der Waals surface area contributed by atoms with Crippen LogP contribution in [0.5, 0.6) is 0 Å². The van der Waals surface area contributed by atoms with E-state index < -0.39 is 0 Å². The van der Waals surface area contributed by atoms with E-state index >= 15 is 0 Å². The summed E-state index contributed by atoms with van der Waals surface area (Å²) in [5.74, 6) is 0.0292. The zero-order valence-corrected chi connectivity index (χ0v) is 12.8. The van der Waals surface area contributed by atoms with Crippen molar-refractivity contribution in [2.24, 2.45) is 5.73 Å². The number of rotatable bonds is 7. The minimum absolute atomic E-state index is 0.0147. The van der Waals surface area contributed by atoms with Gasteiger partial charge in [-0.05, 0) is 45.0 Å². The number of carbonyl (C=O) groups is 1. The summed E-state index contributed by atoms with van der Waals surface area (Å²) in [7, 11) is 0. The first kappa shape index (κ1) is 16.6. The Balaban J connectivity index is 2.85. The summed E-state index contributed by atoms with van der Waals surface area (Å²) in [6.45, 7) is 9.04. The zero-order valence-electron chi connectivity index (χ0n) is 12.8. The number of carbonyl (C=O) groups excluding carboxylic acids is 1. The number of nitrogens with two attached hydrogens (primary N) is 1. The Kier molecular flexibility index (Phi) is 6.61. The van der Waals surface area contributed by atoms with Gasteiger partial charge in [-0.2, -0.15) is 0 Å². The fourth-order valence-electron chi connectivity index (χ4n) is 2.37. The van der Waals surface area contributed by atoms with Crippen molar-refractivity contribution >= 4 is 5.91 Å². The van der Waals surface area contributed by atoms with E-state index in [0.29, 0.717) is 6.54 Å². The van der Waals surface area contributed by atoms with Gasteiger partial charge in [-0.1, -0.05) is 6.92 Å². The van der Waals surface area contributed by atoms with Crippen LogP contribution in [0.25, 0.3) is 0 Å². The van der Waals surface area contributed by atoms with Crippen molar-refractivity contribution in [3.8, 4) is 0 Å². The molecule has 0 spiro atoms. The molecule has 5 heteroatoms. The Morgan fingerprint density at radius 3 is 2.40 bits per heavy atom. The number of hydrogen-bond acceptors (Lipinski definition) is 4. The Morgan fingerprint density at radius 2 is 1.95 bits per heavy atom. The minimum Gasteiger partial charge on any atom is -0.353 e. The minimum atomic E-state index is -0.0656. The van der Waals surface area contributed by atoms with E-state index in [1.54, 1.807) is 12.4 Å². The van der Waals surface area contributed by atoms with Gasteiger partial charge >= 0.3 is 0 Å². The average molecular weight is 278 g/mol. The second-order valence-electron chi connectivity index (χ2n) is 5.37. The van der Waals surface area contributed by atoms with Gasteiger partial charge in [-0.25, -0.2) is 0 Å². The van der Waals surface area contributed by atoms with Crippen molar-refractivity contribution in [3.05, 3.63) is 30.1 Å². The number of likely N-dealkylation sites (N-methyl/N-ethyl adjacent to an activating group) is 1. The molecular formula is C15H26N4O. The molecule has 0 saturated heterocycles. The summed E-state index contributed by atoms with van der Waals surface area (Å²) in [6, 6.07) is 4.01. The van der Waals surface area contributed by atoms with Crippen LogP contribution in [0.2, 0.25) is 0 Å². The largest absolute Gasteiger partial charge is 0.353 e. The Bertz CT molecular complexity index is 406. The summed E-state index contributed by atoms with van der Waals surface area (Å²) >= 11 is 0. The molecule has 0 aliphatic carbocycles. The van der Waals surface area contributed by atoms with Crippen molar-refractivity contribution in [1.82, 2.24) is 15.2 Å². The van der Waals surface area contributed by atoms with E-state index in [1.807, 2.05) is 39.8 Å². The molecule has 0 radical (unpaired) electrons. The van der Waals surface area contributed by atoms with Crippen LogP contribution in [-0.4, -0.2) is 41.0 Å². The molecule has 112 valence electrons. The standard InChI is InChI=1S/C15H26N4O/c1-5-19(10-14(20)18-11(2)3)15(12(4)16)13-6-8-17-9-7-13/h6-9,11-12,15H,5,10,16H2,1-4H3,(H,18,20). The molecule has 20 heavy (non-hydrogen) atoms. The first-order valence-corrected chi connectivity index (χ1v) is 7.14. The number of aromatic nitrogens is 1. The Labute approximate surface area is 121 Å². The van der Waals surface area contributed by atoms with Crippen LogP contribution >= 0.6 is 0 Å². The molecule has 2 unspecified atom stereocenters. The van der Waals surface area contributed by atoms with Crippen LogP contribution in [0.1, 0.15) is 39.3 Å². The number of pyridine rings is 1. The van der Waals surface area contributed by atoms with Crippen LogP contribution in [-0.2, 0) is 4.79 Å². The van der Waals surface area contributed by atoms with Gasteiger partial charge in [0.25, 0.3) is 0 Å². The maximum atomic E-state index is 12.0. The summed E-state index contributed by atoms with van der Waals surface area (Å²) in [4.78, 5) is 18.1. The van der Waals surface area contributed by atoms with Crippen LogP contribution in [0.15, 0.2) is 24.5 Å².